The van der Waals surface area contributed by atoms with Crippen LogP contribution in [0, 0.1) is 0 Å². The maximum Gasteiger partial charge on any atom is 0.160 e. The molecule has 54 heavy (non-hydrogen) atoms. The van der Waals surface area contributed by atoms with Crippen LogP contribution in [0.1, 0.15) is 0 Å². The molecule has 3 heterocycles. The Morgan fingerprint density at radius 2 is 0.815 bits per heavy atom. The van der Waals surface area contributed by atoms with Crippen molar-refractivity contribution in [2.45, 2.75) is 0 Å². The molecule has 0 aliphatic carbocycles. The number of hydrogen-bond acceptors (Lipinski definition) is 4. The first-order valence-electron chi connectivity index (χ1n) is 18.1. The van der Waals surface area contributed by atoms with Gasteiger partial charge in [-0.05, 0) is 52.9 Å². The molecule has 0 unspecified atom stereocenters. The Kier molecular flexibility index (Phi) is 7.77. The van der Waals surface area contributed by atoms with Crippen LogP contribution in [0.3, 0.4) is 0 Å². The van der Waals surface area contributed by atoms with Gasteiger partial charge in [0.15, 0.2) is 5.82 Å². The third-order valence-corrected chi connectivity index (χ3v) is 10.1. The average Bonchev–Trinajstić information content (AvgIpc) is 3.26. The van der Waals surface area contributed by atoms with Crippen molar-refractivity contribution in [3.8, 4) is 67.5 Å². The zero-order valence-corrected chi connectivity index (χ0v) is 29.3. The largest absolute Gasteiger partial charge is 0.248 e. The predicted molar refractivity (Wildman–Crippen MR) is 223 cm³/mol. The van der Waals surface area contributed by atoms with Gasteiger partial charge in [-0.25, -0.2) is 19.9 Å². The second-order valence-corrected chi connectivity index (χ2v) is 13.4. The topological polar surface area (TPSA) is 51.6 Å². The Morgan fingerprint density at radius 3 is 1.56 bits per heavy atom. The number of fused-ring (bicyclic) bond motifs is 5. The monoisotopic (exact) mass is 688 g/mol. The summed E-state index contributed by atoms with van der Waals surface area (Å²) in [5.74, 6) is 0.704. The standard InChI is InChI=1S/C50H32N4/c1-4-13-34(14-5-1)43-29-28-42-45(51-43)30-27-41-40-21-10-11-22-44(40)52-49(48(41)42)36-25-23-33(24-26-36)38-19-12-20-39(31-38)47-32-46(35-15-6-2-7-16-35)53-50(54-47)37-17-8-3-9-18-37/h1-32H. The number of rotatable bonds is 6. The van der Waals surface area contributed by atoms with Crippen molar-refractivity contribution in [3.05, 3.63) is 194 Å². The molecule has 10 rings (SSSR count). The van der Waals surface area contributed by atoms with E-state index in [2.05, 4.69) is 152 Å². The Labute approximate surface area is 313 Å². The number of nitrogens with zero attached hydrogens (tertiary/aromatic N) is 4. The Balaban J connectivity index is 1.06. The van der Waals surface area contributed by atoms with Gasteiger partial charge in [0.05, 0.1) is 33.8 Å². The molecule has 0 saturated heterocycles. The molecule has 0 amide bonds. The Morgan fingerprint density at radius 1 is 0.259 bits per heavy atom. The van der Waals surface area contributed by atoms with Crippen molar-refractivity contribution >= 4 is 32.6 Å². The lowest BCUT2D eigenvalue weighted by Gasteiger charge is -2.14. The van der Waals surface area contributed by atoms with Crippen molar-refractivity contribution in [3.63, 3.8) is 0 Å². The minimum absolute atomic E-state index is 0.704. The molecule has 4 heteroatoms. The summed E-state index contributed by atoms with van der Waals surface area (Å²) in [5.41, 5.74) is 13.1. The van der Waals surface area contributed by atoms with Crippen LogP contribution in [-0.2, 0) is 0 Å². The highest BCUT2D eigenvalue weighted by atomic mass is 14.9. The zero-order valence-electron chi connectivity index (χ0n) is 29.3. The molecular weight excluding hydrogens is 657 g/mol. The molecule has 4 nitrogen and oxygen atoms in total. The molecule has 0 saturated carbocycles. The summed E-state index contributed by atoms with van der Waals surface area (Å²) >= 11 is 0. The fourth-order valence-corrected chi connectivity index (χ4v) is 7.38. The zero-order chi connectivity index (χ0) is 35.8. The molecule has 0 aliphatic rings. The summed E-state index contributed by atoms with van der Waals surface area (Å²) in [6, 6.07) is 67.3. The molecule has 0 spiro atoms. The van der Waals surface area contributed by atoms with Crippen molar-refractivity contribution < 1.29 is 0 Å². The molecule has 0 radical (unpaired) electrons. The molecule has 10 aromatic rings. The number of pyridine rings is 2. The first-order chi connectivity index (χ1) is 26.7. The molecule has 7 aromatic carbocycles. The second-order valence-electron chi connectivity index (χ2n) is 13.4. The van der Waals surface area contributed by atoms with E-state index in [0.29, 0.717) is 5.82 Å². The van der Waals surface area contributed by atoms with Gasteiger partial charge in [-0.1, -0.05) is 158 Å². The van der Waals surface area contributed by atoms with Crippen molar-refractivity contribution in [2.75, 3.05) is 0 Å². The SMILES string of the molecule is c1ccc(-c2cc(-c3cccc(-c4ccc(-c5nc6ccccc6c6ccc7nc(-c8ccccc8)ccc7c56)cc4)c3)nc(-c3ccccc3)n2)cc1. The van der Waals surface area contributed by atoms with Crippen LogP contribution in [0.2, 0.25) is 0 Å². The van der Waals surface area contributed by atoms with Gasteiger partial charge in [0.1, 0.15) is 0 Å². The van der Waals surface area contributed by atoms with Gasteiger partial charge in [-0.15, -0.1) is 0 Å². The molecular formula is C50H32N4. The van der Waals surface area contributed by atoms with E-state index in [4.69, 9.17) is 19.9 Å². The Bertz CT molecular complexity index is 2900. The van der Waals surface area contributed by atoms with Crippen LogP contribution in [-0.4, -0.2) is 19.9 Å². The minimum atomic E-state index is 0.704. The van der Waals surface area contributed by atoms with Crippen LogP contribution in [0.25, 0.3) is 100 Å². The molecule has 0 N–H and O–H groups in total. The molecule has 0 fully saturated rings. The summed E-state index contributed by atoms with van der Waals surface area (Å²) in [6.07, 6.45) is 0. The first-order valence-corrected chi connectivity index (χ1v) is 18.1. The third kappa shape index (κ3) is 5.76. The molecule has 0 aliphatic heterocycles. The average molecular weight is 689 g/mol. The minimum Gasteiger partial charge on any atom is -0.248 e. The molecule has 3 aromatic heterocycles. The highest BCUT2D eigenvalue weighted by molar-refractivity contribution is 6.20. The maximum atomic E-state index is 5.28. The van der Waals surface area contributed by atoms with E-state index in [0.717, 1.165) is 88.9 Å². The van der Waals surface area contributed by atoms with Crippen LogP contribution < -0.4 is 0 Å². The van der Waals surface area contributed by atoms with Gasteiger partial charge in [0, 0.05) is 44.0 Å². The summed E-state index contributed by atoms with van der Waals surface area (Å²) in [5, 5.41) is 4.50. The first kappa shape index (κ1) is 31.4. The Hall–Kier alpha value is -7.30. The van der Waals surface area contributed by atoms with Gasteiger partial charge in [-0.3, -0.25) is 0 Å². The van der Waals surface area contributed by atoms with Gasteiger partial charge >= 0.3 is 0 Å². The molecule has 0 bridgehead atoms. The summed E-state index contributed by atoms with van der Waals surface area (Å²) in [6.45, 7) is 0. The normalized spacial score (nSPS) is 11.3. The summed E-state index contributed by atoms with van der Waals surface area (Å²) < 4.78 is 0. The van der Waals surface area contributed by atoms with E-state index >= 15 is 0 Å². The second kappa shape index (κ2) is 13.4. The van der Waals surface area contributed by atoms with Gasteiger partial charge < -0.3 is 0 Å². The van der Waals surface area contributed by atoms with E-state index in [1.165, 1.54) is 5.39 Å². The summed E-state index contributed by atoms with van der Waals surface area (Å²) in [4.78, 5) is 20.4. The van der Waals surface area contributed by atoms with E-state index < -0.39 is 0 Å². The predicted octanol–water partition coefficient (Wildman–Crippen LogP) is 12.7. The fraction of sp³-hybridized carbons (Fsp3) is 0. The highest BCUT2D eigenvalue weighted by Crippen LogP contribution is 2.38. The van der Waals surface area contributed by atoms with E-state index in [9.17, 15) is 0 Å². The van der Waals surface area contributed by atoms with Gasteiger partial charge in [0.25, 0.3) is 0 Å². The van der Waals surface area contributed by atoms with E-state index in [-0.39, 0.29) is 0 Å². The number of hydrogen-bond donors (Lipinski definition) is 0. The lowest BCUT2D eigenvalue weighted by atomic mass is 9.94. The van der Waals surface area contributed by atoms with Gasteiger partial charge in [0.2, 0.25) is 0 Å². The molecule has 0 atom stereocenters. The highest BCUT2D eigenvalue weighted by Gasteiger charge is 2.16. The van der Waals surface area contributed by atoms with Gasteiger partial charge in [-0.2, -0.15) is 0 Å². The van der Waals surface area contributed by atoms with Crippen LogP contribution >= 0.6 is 0 Å². The molecule has 252 valence electrons. The quantitative estimate of drug-likeness (QED) is 0.163. The van der Waals surface area contributed by atoms with Crippen molar-refractivity contribution in [2.24, 2.45) is 0 Å². The van der Waals surface area contributed by atoms with E-state index in [1.54, 1.807) is 0 Å². The lowest BCUT2D eigenvalue weighted by molar-refractivity contribution is 1.18. The summed E-state index contributed by atoms with van der Waals surface area (Å²) in [7, 11) is 0. The lowest BCUT2D eigenvalue weighted by Crippen LogP contribution is -1.96. The number of aromatic nitrogens is 4. The van der Waals surface area contributed by atoms with Crippen molar-refractivity contribution in [1.29, 1.82) is 0 Å². The number of benzene rings is 7. The number of para-hydroxylation sites is 1. The fourth-order valence-electron chi connectivity index (χ4n) is 7.38. The third-order valence-electron chi connectivity index (χ3n) is 10.1. The van der Waals surface area contributed by atoms with E-state index in [1.807, 2.05) is 42.5 Å². The van der Waals surface area contributed by atoms with Crippen molar-refractivity contribution in [1.82, 2.24) is 19.9 Å². The van der Waals surface area contributed by atoms with Crippen LogP contribution in [0.5, 0.6) is 0 Å². The maximum absolute atomic E-state index is 5.28. The van der Waals surface area contributed by atoms with Crippen LogP contribution in [0.15, 0.2) is 194 Å². The van der Waals surface area contributed by atoms with Crippen LogP contribution in [0.4, 0.5) is 0 Å². The smallest absolute Gasteiger partial charge is 0.160 e.